The SMILES string of the molecule is NC(=NCCCCCCN=C(N)/N=C(\N)Nc1ccc(Cl)cc1)/N=C(\N)Nc1ccc(Cl)cc1.O=C(O)O.O=P([O-])([O-])O.[Ca+2]. The predicted molar refractivity (Wildman–Crippen MR) is 171 cm³/mol. The van der Waals surface area contributed by atoms with Gasteiger partial charge < -0.3 is 63.0 Å². The number of nitrogens with zero attached hydrogens (tertiary/aromatic N) is 4. The number of phosphoric acid groups is 1. The van der Waals surface area contributed by atoms with Crippen LogP contribution in [0.25, 0.3) is 0 Å². The van der Waals surface area contributed by atoms with E-state index in [1.165, 1.54) is 0 Å². The van der Waals surface area contributed by atoms with E-state index in [1.54, 1.807) is 48.5 Å². The molecule has 0 aliphatic carbocycles. The van der Waals surface area contributed by atoms with Crippen molar-refractivity contribution in [2.24, 2.45) is 42.9 Å². The molecule has 0 spiro atoms. The number of carbonyl (C=O) groups is 1. The van der Waals surface area contributed by atoms with Crippen molar-refractivity contribution in [1.29, 1.82) is 0 Å². The van der Waals surface area contributed by atoms with Crippen molar-refractivity contribution in [3.63, 3.8) is 0 Å². The van der Waals surface area contributed by atoms with E-state index in [-0.39, 0.29) is 61.6 Å². The van der Waals surface area contributed by atoms with Crippen LogP contribution in [0.5, 0.6) is 0 Å². The third-order valence-electron chi connectivity index (χ3n) is 4.32. The molecule has 2 rings (SSSR count). The fourth-order valence-corrected chi connectivity index (χ4v) is 2.95. The second-order valence-electron chi connectivity index (χ2n) is 7.90. The summed E-state index contributed by atoms with van der Waals surface area (Å²) in [7, 11) is -5.14. The number of unbranched alkanes of at least 4 members (excludes halogenated alkanes) is 3. The molecule has 2 aromatic carbocycles. The van der Waals surface area contributed by atoms with Crippen molar-refractivity contribution in [2.75, 3.05) is 23.7 Å². The fourth-order valence-electron chi connectivity index (χ4n) is 2.70. The van der Waals surface area contributed by atoms with E-state index in [0.717, 1.165) is 37.1 Å². The van der Waals surface area contributed by atoms with Gasteiger partial charge in [0, 0.05) is 34.5 Å². The number of rotatable bonds is 9. The average molecular weight is 704 g/mol. The van der Waals surface area contributed by atoms with Crippen molar-refractivity contribution in [3.8, 4) is 0 Å². The molecule has 0 unspecified atom stereocenters. The molecule has 0 fully saturated rings. The van der Waals surface area contributed by atoms with Crippen LogP contribution in [-0.2, 0) is 4.57 Å². The first kappa shape index (κ1) is 43.3. The van der Waals surface area contributed by atoms with Crippen LogP contribution in [0.3, 0.4) is 0 Å². The summed E-state index contributed by atoms with van der Waals surface area (Å²) in [6, 6.07) is 14.1. The van der Waals surface area contributed by atoms with E-state index in [9.17, 15) is 0 Å². The maximum Gasteiger partial charge on any atom is 2.00 e. The fraction of sp³-hybridized carbons (Fsp3) is 0.261. The van der Waals surface area contributed by atoms with Gasteiger partial charge in [-0.05, 0) is 61.4 Å². The summed E-state index contributed by atoms with van der Waals surface area (Å²) in [5.41, 5.74) is 24.8. The number of anilines is 2. The van der Waals surface area contributed by atoms with Crippen molar-refractivity contribution in [2.45, 2.75) is 25.7 Å². The first-order valence-electron chi connectivity index (χ1n) is 12.0. The quantitative estimate of drug-likeness (QED) is 0.0579. The Morgan fingerprint density at radius 3 is 1.27 bits per heavy atom. The molecule has 2 aromatic rings. The number of hydrogen-bond acceptors (Lipinski definition) is 6. The molecule has 21 heteroatoms. The molecule has 0 amide bonds. The molecule has 44 heavy (non-hydrogen) atoms. The third kappa shape index (κ3) is 29.2. The maximum atomic E-state index is 8.66. The molecule has 0 saturated carbocycles. The minimum absolute atomic E-state index is 0. The number of benzene rings is 2. The zero-order valence-corrected chi connectivity index (χ0v) is 28.0. The number of aliphatic imine (C=N–C) groups is 4. The number of halogens is 2. The van der Waals surface area contributed by atoms with Crippen molar-refractivity contribution in [1.82, 2.24) is 0 Å². The van der Waals surface area contributed by atoms with Crippen LogP contribution in [0.1, 0.15) is 25.7 Å². The van der Waals surface area contributed by atoms with E-state index in [1.807, 2.05) is 0 Å². The Kier molecular flexibility index (Phi) is 24.1. The summed E-state index contributed by atoms with van der Waals surface area (Å²) < 4.78 is 8.66. The summed E-state index contributed by atoms with van der Waals surface area (Å²) >= 11 is 11.7. The van der Waals surface area contributed by atoms with Crippen LogP contribution in [-0.4, -0.2) is 95.9 Å². The number of hydrogen-bond donors (Lipinski definition) is 9. The van der Waals surface area contributed by atoms with Crippen LogP contribution >= 0.6 is 31.0 Å². The maximum absolute atomic E-state index is 8.66. The second-order valence-corrected chi connectivity index (χ2v) is 9.71. The Hall–Kier alpha value is -2.86. The predicted octanol–water partition coefficient (Wildman–Crippen LogP) is 0.986. The standard InChI is InChI=1S/C22H30Cl2N10.CH2O3.Ca.H3O4P/c23-15-5-9-17(10-6-15)31-21(27)33-19(25)29-13-3-1-2-4-14-30-20(26)34-22(28)32-18-11-7-16(24)8-12-18;2-1(3)4;;1-5(2,3)4/h5-12H,1-4,13-14H2,(H5,25,27,29,31,33)(H5,26,28,30,32,34);(H2,2,3,4);;(H3,1,2,3,4)/q;;+2;/p-2. The normalized spacial score (nSPS) is 12.0. The molecule has 17 nitrogen and oxygen atoms in total. The Balaban J connectivity index is 0. The number of nitrogens with two attached hydrogens (primary N) is 4. The number of nitrogens with one attached hydrogen (secondary N) is 2. The van der Waals surface area contributed by atoms with Gasteiger partial charge in [0.05, 0.1) is 7.82 Å². The van der Waals surface area contributed by atoms with Gasteiger partial charge in [-0.15, -0.1) is 0 Å². The molecular formula is C23H33CaCl2N10O7P. The Morgan fingerprint density at radius 1 is 0.727 bits per heavy atom. The third-order valence-corrected chi connectivity index (χ3v) is 4.82. The minimum atomic E-state index is -5.14. The van der Waals surface area contributed by atoms with Crippen LogP contribution in [0, 0.1) is 0 Å². The van der Waals surface area contributed by atoms with Gasteiger partial charge >= 0.3 is 43.9 Å². The molecule has 13 N–H and O–H groups in total. The van der Waals surface area contributed by atoms with Gasteiger partial charge in [0.1, 0.15) is 0 Å². The van der Waals surface area contributed by atoms with Gasteiger partial charge in [0.2, 0.25) is 23.8 Å². The van der Waals surface area contributed by atoms with Gasteiger partial charge in [-0.3, -0.25) is 9.98 Å². The van der Waals surface area contributed by atoms with E-state index < -0.39 is 14.0 Å². The largest absolute Gasteiger partial charge is 2.00 e. The van der Waals surface area contributed by atoms with E-state index in [2.05, 4.69) is 30.6 Å². The van der Waals surface area contributed by atoms with E-state index in [0.29, 0.717) is 23.1 Å². The van der Waals surface area contributed by atoms with Crippen molar-refractivity contribution < 1.29 is 34.3 Å². The topological polar surface area (TPSA) is 319 Å². The number of carboxylic acid groups (broad SMARTS) is 2. The van der Waals surface area contributed by atoms with Crippen LogP contribution in [0.2, 0.25) is 10.0 Å². The molecule has 0 bridgehead atoms. The molecule has 0 saturated heterocycles. The summed E-state index contributed by atoms with van der Waals surface area (Å²) in [5, 5.41) is 21.1. The Labute approximate surface area is 293 Å². The van der Waals surface area contributed by atoms with Crippen LogP contribution in [0.4, 0.5) is 16.2 Å². The Morgan fingerprint density at radius 2 is 1.00 bits per heavy atom. The van der Waals surface area contributed by atoms with Gasteiger partial charge in [0.25, 0.3) is 0 Å². The van der Waals surface area contributed by atoms with Gasteiger partial charge in [-0.1, -0.05) is 36.0 Å². The first-order chi connectivity index (χ1) is 20.0. The number of guanidine groups is 4. The van der Waals surface area contributed by atoms with E-state index in [4.69, 9.17) is 80.4 Å². The molecule has 0 aliphatic rings. The van der Waals surface area contributed by atoms with Crippen molar-refractivity contribution >= 4 is 110 Å². The molecule has 0 aliphatic heterocycles. The van der Waals surface area contributed by atoms with Gasteiger partial charge in [-0.25, -0.2) is 4.79 Å². The van der Waals surface area contributed by atoms with Gasteiger partial charge in [-0.2, -0.15) is 9.98 Å². The molecule has 0 radical (unpaired) electrons. The molecule has 238 valence electrons. The summed E-state index contributed by atoms with van der Waals surface area (Å²) in [4.78, 5) is 49.3. The minimum Gasteiger partial charge on any atom is -0.790 e. The molecule has 0 heterocycles. The Bertz CT molecular complexity index is 1200. The zero-order chi connectivity index (χ0) is 32.8. The summed E-state index contributed by atoms with van der Waals surface area (Å²) in [5.74, 6) is 0.564. The van der Waals surface area contributed by atoms with E-state index >= 15 is 0 Å². The average Bonchev–Trinajstić information content (AvgIpc) is 2.87. The zero-order valence-electron chi connectivity index (χ0n) is 23.3. The smallest absolute Gasteiger partial charge is 0.790 e. The molecule has 0 aromatic heterocycles. The summed E-state index contributed by atoms with van der Waals surface area (Å²) in [6.07, 6.45) is 1.85. The summed E-state index contributed by atoms with van der Waals surface area (Å²) in [6.45, 7) is 1.12. The molecule has 0 atom stereocenters. The molecular weight excluding hydrogens is 670 g/mol. The van der Waals surface area contributed by atoms with Crippen LogP contribution < -0.4 is 43.4 Å². The second kappa shape index (κ2) is 24.5. The van der Waals surface area contributed by atoms with Crippen LogP contribution in [0.15, 0.2) is 68.5 Å². The monoisotopic (exact) mass is 702 g/mol. The first-order valence-corrected chi connectivity index (χ1v) is 14.3. The van der Waals surface area contributed by atoms with Gasteiger partial charge in [0.15, 0.2) is 0 Å². The van der Waals surface area contributed by atoms with Crippen molar-refractivity contribution in [3.05, 3.63) is 58.6 Å².